The highest BCUT2D eigenvalue weighted by molar-refractivity contribution is 9.10. The topological polar surface area (TPSA) is 62.2 Å². The van der Waals surface area contributed by atoms with Crippen molar-refractivity contribution < 1.29 is 19.4 Å². The number of piperazine rings is 1. The number of allylic oxidation sites excluding steroid dienone is 1. The summed E-state index contributed by atoms with van der Waals surface area (Å²) in [5, 5.41) is 10.7. The minimum atomic E-state index is -0.438. The van der Waals surface area contributed by atoms with E-state index in [0.717, 1.165) is 43.7 Å². The van der Waals surface area contributed by atoms with Crippen LogP contribution in [0.5, 0.6) is 5.75 Å². The van der Waals surface area contributed by atoms with Crippen LogP contribution in [0, 0.1) is 11.8 Å². The Hall–Kier alpha value is -1.41. The first-order valence-electron chi connectivity index (χ1n) is 10.5. The smallest absolute Gasteiger partial charge is 0.208 e. The number of nitrogens with zero attached hydrogens (tertiary/aromatic N) is 2. The number of ketones is 1. The van der Waals surface area contributed by atoms with E-state index in [-0.39, 0.29) is 29.5 Å². The van der Waals surface area contributed by atoms with Gasteiger partial charge in [-0.2, -0.15) is 0 Å². The Kier molecular flexibility index (Phi) is 6.59. The standard InChI is InChI=1S/C22H29BrN2O4/c1-2-24-9-11-25(12-10-24)13-16-18(26)8-7-15-21(27)20(14-28-22(15)16)29-19-6-4-3-5-17(19)23/h3-6,14-16,18,22,26H,2,7-13H2,1H3. The van der Waals surface area contributed by atoms with Gasteiger partial charge >= 0.3 is 0 Å². The van der Waals surface area contributed by atoms with Crippen LogP contribution in [0.2, 0.25) is 0 Å². The Morgan fingerprint density at radius 2 is 1.90 bits per heavy atom. The second kappa shape index (κ2) is 9.16. The molecule has 1 aromatic rings. The molecule has 6 nitrogen and oxygen atoms in total. The van der Waals surface area contributed by atoms with Crippen LogP contribution >= 0.6 is 15.9 Å². The number of rotatable bonds is 5. The summed E-state index contributed by atoms with van der Waals surface area (Å²) < 4.78 is 12.7. The molecule has 2 aliphatic heterocycles. The second-order valence-corrected chi connectivity index (χ2v) is 8.98. The number of hydrogen-bond acceptors (Lipinski definition) is 6. The van der Waals surface area contributed by atoms with Gasteiger partial charge in [0, 0.05) is 38.6 Å². The van der Waals surface area contributed by atoms with E-state index < -0.39 is 6.10 Å². The molecular weight excluding hydrogens is 436 g/mol. The zero-order valence-electron chi connectivity index (χ0n) is 16.8. The average molecular weight is 465 g/mol. The lowest BCUT2D eigenvalue weighted by Gasteiger charge is -2.44. The van der Waals surface area contributed by atoms with Crippen LogP contribution < -0.4 is 4.74 Å². The molecule has 4 unspecified atom stereocenters. The highest BCUT2D eigenvalue weighted by atomic mass is 79.9. The third-order valence-corrected chi connectivity index (χ3v) is 7.09. The predicted octanol–water partition coefficient (Wildman–Crippen LogP) is 2.66. The summed E-state index contributed by atoms with van der Waals surface area (Å²) in [5.41, 5.74) is 0. The molecule has 1 aliphatic carbocycles. The minimum Gasteiger partial charge on any atom is -0.493 e. The van der Waals surface area contributed by atoms with Crippen molar-refractivity contribution in [3.05, 3.63) is 40.8 Å². The van der Waals surface area contributed by atoms with Gasteiger partial charge in [0.25, 0.3) is 0 Å². The fourth-order valence-electron chi connectivity index (χ4n) is 4.64. The number of likely N-dealkylation sites (N-methyl/N-ethyl adjacent to an activating group) is 1. The largest absolute Gasteiger partial charge is 0.493 e. The molecule has 0 radical (unpaired) electrons. The Morgan fingerprint density at radius 3 is 2.62 bits per heavy atom. The second-order valence-electron chi connectivity index (χ2n) is 8.13. The van der Waals surface area contributed by atoms with Gasteiger partial charge in [-0.05, 0) is 47.4 Å². The van der Waals surface area contributed by atoms with E-state index in [4.69, 9.17) is 9.47 Å². The summed E-state index contributed by atoms with van der Waals surface area (Å²) >= 11 is 3.45. The Labute approximate surface area is 180 Å². The van der Waals surface area contributed by atoms with Gasteiger partial charge in [0.15, 0.2) is 0 Å². The van der Waals surface area contributed by atoms with Crippen LogP contribution in [0.15, 0.2) is 40.8 Å². The Bertz CT molecular complexity index is 763. The monoisotopic (exact) mass is 464 g/mol. The van der Waals surface area contributed by atoms with Gasteiger partial charge in [0.05, 0.1) is 16.5 Å². The molecule has 2 fully saturated rings. The molecule has 0 bridgehead atoms. The van der Waals surface area contributed by atoms with Gasteiger partial charge in [-0.15, -0.1) is 0 Å². The number of halogens is 1. The molecule has 0 aromatic heterocycles. The molecule has 1 N–H and O–H groups in total. The molecule has 7 heteroatoms. The van der Waals surface area contributed by atoms with Crippen molar-refractivity contribution in [3.8, 4) is 5.75 Å². The summed E-state index contributed by atoms with van der Waals surface area (Å²) in [4.78, 5) is 17.9. The molecule has 2 heterocycles. The molecule has 0 amide bonds. The lowest BCUT2D eigenvalue weighted by atomic mass is 9.73. The number of carbonyl (C=O) groups excluding carboxylic acids is 1. The van der Waals surface area contributed by atoms with Gasteiger partial charge in [-0.3, -0.25) is 4.79 Å². The average Bonchev–Trinajstić information content (AvgIpc) is 2.74. The number of ether oxygens (including phenoxy) is 2. The zero-order chi connectivity index (χ0) is 20.4. The number of hydrogen-bond donors (Lipinski definition) is 1. The van der Waals surface area contributed by atoms with Crippen molar-refractivity contribution in [2.24, 2.45) is 11.8 Å². The molecule has 1 aromatic carbocycles. The maximum Gasteiger partial charge on any atom is 0.208 e. The zero-order valence-corrected chi connectivity index (χ0v) is 18.4. The lowest BCUT2D eigenvalue weighted by molar-refractivity contribution is -0.140. The number of carbonyl (C=O) groups is 1. The summed E-state index contributed by atoms with van der Waals surface area (Å²) in [7, 11) is 0. The van der Waals surface area contributed by atoms with E-state index in [0.29, 0.717) is 18.6 Å². The Morgan fingerprint density at radius 1 is 1.17 bits per heavy atom. The van der Waals surface area contributed by atoms with Crippen molar-refractivity contribution in [2.45, 2.75) is 32.0 Å². The summed E-state index contributed by atoms with van der Waals surface area (Å²) in [6.07, 6.45) is 1.97. The quantitative estimate of drug-likeness (QED) is 0.722. The SMILES string of the molecule is CCN1CCN(CC2C(O)CCC3C(=O)C(Oc4ccccc4Br)=COC32)CC1. The van der Waals surface area contributed by atoms with Gasteiger partial charge in [-0.1, -0.05) is 19.1 Å². The molecule has 3 aliphatic rings. The molecular formula is C22H29BrN2O4. The van der Waals surface area contributed by atoms with Gasteiger partial charge in [-0.25, -0.2) is 0 Å². The number of fused-ring (bicyclic) bond motifs is 1. The Balaban J connectivity index is 1.45. The summed E-state index contributed by atoms with van der Waals surface area (Å²) in [5.74, 6) is 0.486. The normalized spacial score (nSPS) is 31.0. The first kappa shape index (κ1) is 20.8. The maximum atomic E-state index is 13.1. The number of Topliss-reactive ketones (excluding diaryl/α,β-unsaturated/α-hetero) is 1. The third kappa shape index (κ3) is 4.53. The fourth-order valence-corrected chi connectivity index (χ4v) is 5.00. The van der Waals surface area contributed by atoms with E-state index >= 15 is 0 Å². The van der Waals surface area contributed by atoms with E-state index in [1.54, 1.807) is 0 Å². The van der Waals surface area contributed by atoms with E-state index in [1.165, 1.54) is 6.26 Å². The highest BCUT2D eigenvalue weighted by Crippen LogP contribution is 2.38. The van der Waals surface area contributed by atoms with Crippen LogP contribution in [0.1, 0.15) is 19.8 Å². The summed E-state index contributed by atoms with van der Waals surface area (Å²) in [6, 6.07) is 7.45. The van der Waals surface area contributed by atoms with Crippen molar-refractivity contribution in [3.63, 3.8) is 0 Å². The minimum absolute atomic E-state index is 0.0234. The first-order valence-corrected chi connectivity index (χ1v) is 11.3. The molecule has 1 saturated carbocycles. The van der Waals surface area contributed by atoms with Crippen LogP contribution in [-0.4, -0.2) is 72.2 Å². The van der Waals surface area contributed by atoms with E-state index in [1.807, 2.05) is 24.3 Å². The van der Waals surface area contributed by atoms with Gasteiger partial charge < -0.3 is 24.4 Å². The maximum absolute atomic E-state index is 13.1. The van der Waals surface area contributed by atoms with Gasteiger partial charge in [0.1, 0.15) is 18.1 Å². The fraction of sp³-hybridized carbons (Fsp3) is 0.591. The highest BCUT2D eigenvalue weighted by Gasteiger charge is 2.47. The third-order valence-electron chi connectivity index (χ3n) is 6.44. The van der Waals surface area contributed by atoms with Crippen LogP contribution in [0.25, 0.3) is 0 Å². The first-order chi connectivity index (χ1) is 14.1. The van der Waals surface area contributed by atoms with Crippen molar-refractivity contribution in [2.75, 3.05) is 39.3 Å². The van der Waals surface area contributed by atoms with E-state index in [2.05, 4.69) is 32.7 Å². The number of aliphatic hydroxyl groups excluding tert-OH is 1. The number of benzene rings is 1. The summed E-state index contributed by atoms with van der Waals surface area (Å²) in [6.45, 7) is 8.12. The van der Waals surface area contributed by atoms with Crippen LogP contribution in [0.3, 0.4) is 0 Å². The van der Waals surface area contributed by atoms with Crippen molar-refractivity contribution in [1.82, 2.24) is 9.80 Å². The molecule has 158 valence electrons. The van der Waals surface area contributed by atoms with Crippen LogP contribution in [0.4, 0.5) is 0 Å². The molecule has 4 rings (SSSR count). The molecule has 0 spiro atoms. The van der Waals surface area contributed by atoms with Crippen molar-refractivity contribution >= 4 is 21.7 Å². The lowest BCUT2D eigenvalue weighted by Crippen LogP contribution is -2.55. The predicted molar refractivity (Wildman–Crippen MR) is 114 cm³/mol. The van der Waals surface area contributed by atoms with Crippen LogP contribution in [-0.2, 0) is 9.53 Å². The number of para-hydroxylation sites is 1. The molecule has 1 saturated heterocycles. The molecule has 29 heavy (non-hydrogen) atoms. The molecule has 4 atom stereocenters. The van der Waals surface area contributed by atoms with Crippen molar-refractivity contribution in [1.29, 1.82) is 0 Å². The number of aliphatic hydroxyl groups is 1. The van der Waals surface area contributed by atoms with Gasteiger partial charge in [0.2, 0.25) is 11.5 Å². The van der Waals surface area contributed by atoms with E-state index in [9.17, 15) is 9.90 Å².